The highest BCUT2D eigenvalue weighted by atomic mass is 32.2. The molecule has 1 amide bonds. The topological polar surface area (TPSA) is 46.3 Å². The molecule has 0 saturated heterocycles. The molecule has 1 aromatic carbocycles. The summed E-state index contributed by atoms with van der Waals surface area (Å²) in [4.78, 5) is 14.7. The van der Waals surface area contributed by atoms with Gasteiger partial charge in [-0.2, -0.15) is 0 Å². The van der Waals surface area contributed by atoms with Crippen molar-refractivity contribution in [3.63, 3.8) is 0 Å². The van der Waals surface area contributed by atoms with Crippen molar-refractivity contribution < 1.29 is 9.32 Å². The van der Waals surface area contributed by atoms with Crippen LogP contribution in [0.15, 0.2) is 34.9 Å². The van der Waals surface area contributed by atoms with E-state index < -0.39 is 0 Å². The minimum Gasteiger partial charge on any atom is -0.361 e. The molecular weight excluding hydrogens is 320 g/mol. The van der Waals surface area contributed by atoms with Crippen molar-refractivity contribution in [3.05, 3.63) is 52.9 Å². The van der Waals surface area contributed by atoms with E-state index in [-0.39, 0.29) is 11.9 Å². The van der Waals surface area contributed by atoms with E-state index in [0.717, 1.165) is 29.2 Å². The van der Waals surface area contributed by atoms with Crippen LogP contribution in [0.2, 0.25) is 0 Å². The summed E-state index contributed by atoms with van der Waals surface area (Å²) >= 11 is 1.62. The Morgan fingerprint density at radius 2 is 2.00 bits per heavy atom. The number of thioether (sulfide) groups is 1. The van der Waals surface area contributed by atoms with E-state index in [1.165, 1.54) is 5.56 Å². The highest BCUT2D eigenvalue weighted by molar-refractivity contribution is 7.99. The molecule has 1 unspecified atom stereocenters. The zero-order valence-corrected chi connectivity index (χ0v) is 15.7. The van der Waals surface area contributed by atoms with Crippen LogP contribution in [0.4, 0.5) is 0 Å². The summed E-state index contributed by atoms with van der Waals surface area (Å²) in [6, 6.07) is 10.4. The first kappa shape index (κ1) is 18.6. The molecule has 2 aromatic rings. The Morgan fingerprint density at radius 3 is 2.58 bits per heavy atom. The van der Waals surface area contributed by atoms with Gasteiger partial charge in [0.2, 0.25) is 5.91 Å². The van der Waals surface area contributed by atoms with Gasteiger partial charge in [0, 0.05) is 23.9 Å². The van der Waals surface area contributed by atoms with Gasteiger partial charge in [0.05, 0.1) is 11.4 Å². The number of amides is 1. The van der Waals surface area contributed by atoms with Crippen LogP contribution in [0.1, 0.15) is 42.8 Å². The average Bonchev–Trinajstić information content (AvgIpc) is 2.91. The zero-order chi connectivity index (χ0) is 17.5. The fraction of sp³-hybridized carbons (Fsp3) is 0.474. The number of benzene rings is 1. The summed E-state index contributed by atoms with van der Waals surface area (Å²) in [5.41, 5.74) is 3.18. The van der Waals surface area contributed by atoms with E-state index in [2.05, 4.69) is 31.1 Å². The molecule has 0 fully saturated rings. The van der Waals surface area contributed by atoms with E-state index in [0.29, 0.717) is 12.3 Å². The van der Waals surface area contributed by atoms with Gasteiger partial charge in [0.15, 0.2) is 0 Å². The van der Waals surface area contributed by atoms with Gasteiger partial charge in [-0.1, -0.05) is 42.4 Å². The normalized spacial score (nSPS) is 12.2. The number of aromatic nitrogens is 1. The summed E-state index contributed by atoms with van der Waals surface area (Å²) < 4.78 is 5.18. The molecular formula is C19H26N2O2S. The molecule has 0 aliphatic heterocycles. The molecule has 0 spiro atoms. The minimum atomic E-state index is 0.185. The van der Waals surface area contributed by atoms with Gasteiger partial charge in [-0.3, -0.25) is 4.79 Å². The summed E-state index contributed by atoms with van der Waals surface area (Å²) in [5.74, 6) is 2.26. The van der Waals surface area contributed by atoms with Gasteiger partial charge in [0.1, 0.15) is 5.76 Å². The number of carbonyl (C=O) groups excluding carboxylic acids is 1. The molecule has 130 valence electrons. The van der Waals surface area contributed by atoms with Crippen molar-refractivity contribution in [1.82, 2.24) is 10.1 Å². The van der Waals surface area contributed by atoms with E-state index >= 15 is 0 Å². The van der Waals surface area contributed by atoms with Crippen molar-refractivity contribution in [1.29, 1.82) is 0 Å². The summed E-state index contributed by atoms with van der Waals surface area (Å²) in [5, 5.41) is 3.96. The smallest absolute Gasteiger partial charge is 0.233 e. The third kappa shape index (κ3) is 4.87. The molecule has 4 nitrogen and oxygen atoms in total. The lowest BCUT2D eigenvalue weighted by Gasteiger charge is -2.28. The predicted molar refractivity (Wildman–Crippen MR) is 98.9 cm³/mol. The van der Waals surface area contributed by atoms with Crippen LogP contribution in [0, 0.1) is 13.8 Å². The molecule has 0 bridgehead atoms. The standard InChI is InChI=1S/C19H26N2O2S/c1-5-14(2)21(11-17-9-7-6-8-10-17)19(22)13-24-12-18-15(3)20-23-16(18)4/h6-10,14H,5,11-13H2,1-4H3. The number of aryl methyl sites for hydroxylation is 2. The van der Waals surface area contributed by atoms with E-state index in [1.54, 1.807) is 11.8 Å². The van der Waals surface area contributed by atoms with Crippen LogP contribution >= 0.6 is 11.8 Å². The highest BCUT2D eigenvalue weighted by Gasteiger charge is 2.19. The fourth-order valence-electron chi connectivity index (χ4n) is 2.52. The Hall–Kier alpha value is -1.75. The zero-order valence-electron chi connectivity index (χ0n) is 14.9. The lowest BCUT2D eigenvalue weighted by Crippen LogP contribution is -2.38. The van der Waals surface area contributed by atoms with Crippen molar-refractivity contribution in [3.8, 4) is 0 Å². The summed E-state index contributed by atoms with van der Waals surface area (Å²) in [7, 11) is 0. The Balaban J connectivity index is 1.95. The molecule has 1 heterocycles. The largest absolute Gasteiger partial charge is 0.361 e. The summed E-state index contributed by atoms with van der Waals surface area (Å²) in [6.07, 6.45) is 0.951. The molecule has 0 aliphatic carbocycles. The Bertz CT molecular complexity index is 635. The lowest BCUT2D eigenvalue weighted by molar-refractivity contribution is -0.131. The molecule has 0 aliphatic rings. The number of nitrogens with zero attached hydrogens (tertiary/aromatic N) is 2. The lowest BCUT2D eigenvalue weighted by atomic mass is 10.1. The maximum absolute atomic E-state index is 12.7. The van der Waals surface area contributed by atoms with E-state index in [1.807, 2.05) is 36.9 Å². The highest BCUT2D eigenvalue weighted by Crippen LogP contribution is 2.21. The molecule has 0 saturated carbocycles. The summed E-state index contributed by atoms with van der Waals surface area (Å²) in [6.45, 7) is 8.75. The Labute approximate surface area is 148 Å². The third-order valence-electron chi connectivity index (χ3n) is 4.29. The van der Waals surface area contributed by atoms with Crippen LogP contribution in [-0.2, 0) is 17.1 Å². The maximum Gasteiger partial charge on any atom is 0.233 e. The first-order valence-electron chi connectivity index (χ1n) is 8.35. The van der Waals surface area contributed by atoms with Crippen LogP contribution in [0.3, 0.4) is 0 Å². The van der Waals surface area contributed by atoms with Crippen LogP contribution in [0.5, 0.6) is 0 Å². The number of hydrogen-bond donors (Lipinski definition) is 0. The SMILES string of the molecule is CCC(C)N(Cc1ccccc1)C(=O)CSCc1c(C)noc1C. The van der Waals surface area contributed by atoms with Crippen molar-refractivity contribution in [2.24, 2.45) is 0 Å². The van der Waals surface area contributed by atoms with E-state index in [9.17, 15) is 4.79 Å². The average molecular weight is 346 g/mol. The molecule has 24 heavy (non-hydrogen) atoms. The Kier molecular flexibility index (Phi) is 6.91. The number of rotatable bonds is 8. The van der Waals surface area contributed by atoms with Gasteiger partial charge < -0.3 is 9.42 Å². The second-order valence-corrected chi connectivity index (χ2v) is 7.05. The second-order valence-electron chi connectivity index (χ2n) is 6.06. The monoisotopic (exact) mass is 346 g/mol. The number of hydrogen-bond acceptors (Lipinski definition) is 4. The second kappa shape index (κ2) is 8.92. The quantitative estimate of drug-likeness (QED) is 0.713. The molecule has 1 atom stereocenters. The molecule has 0 radical (unpaired) electrons. The van der Waals surface area contributed by atoms with Crippen LogP contribution in [0.25, 0.3) is 0 Å². The molecule has 1 aromatic heterocycles. The third-order valence-corrected chi connectivity index (χ3v) is 5.24. The Morgan fingerprint density at radius 1 is 1.29 bits per heavy atom. The van der Waals surface area contributed by atoms with Gasteiger partial charge in [0.25, 0.3) is 0 Å². The molecule has 0 N–H and O–H groups in total. The number of carbonyl (C=O) groups is 1. The van der Waals surface area contributed by atoms with Crippen molar-refractivity contribution >= 4 is 17.7 Å². The van der Waals surface area contributed by atoms with Gasteiger partial charge in [-0.25, -0.2) is 0 Å². The van der Waals surface area contributed by atoms with Crippen molar-refractivity contribution in [2.75, 3.05) is 5.75 Å². The van der Waals surface area contributed by atoms with E-state index in [4.69, 9.17) is 4.52 Å². The minimum absolute atomic E-state index is 0.185. The van der Waals surface area contributed by atoms with Gasteiger partial charge >= 0.3 is 0 Å². The first-order valence-corrected chi connectivity index (χ1v) is 9.51. The first-order chi connectivity index (χ1) is 11.5. The van der Waals surface area contributed by atoms with Crippen molar-refractivity contribution in [2.45, 2.75) is 52.5 Å². The van der Waals surface area contributed by atoms with Crippen LogP contribution < -0.4 is 0 Å². The van der Waals surface area contributed by atoms with Gasteiger partial charge in [-0.15, -0.1) is 11.8 Å². The van der Waals surface area contributed by atoms with Gasteiger partial charge in [-0.05, 0) is 32.8 Å². The molecule has 2 rings (SSSR count). The fourth-order valence-corrected chi connectivity index (χ4v) is 3.58. The maximum atomic E-state index is 12.7. The predicted octanol–water partition coefficient (Wildman–Crippen LogP) is 4.35. The van der Waals surface area contributed by atoms with Crippen LogP contribution in [-0.4, -0.2) is 27.8 Å². The molecule has 5 heteroatoms.